The highest BCUT2D eigenvalue weighted by Gasteiger charge is 2.17. The molecule has 1 aliphatic heterocycles. The van der Waals surface area contributed by atoms with Crippen LogP contribution < -0.4 is 5.32 Å². The molecule has 3 heterocycles. The summed E-state index contributed by atoms with van der Waals surface area (Å²) in [5, 5.41) is 2.88. The number of para-hydroxylation sites is 2. The Morgan fingerprint density at radius 3 is 2.76 bits per heavy atom. The van der Waals surface area contributed by atoms with Crippen molar-refractivity contribution in [2.24, 2.45) is 0 Å². The fourth-order valence-corrected chi connectivity index (χ4v) is 3.23. The predicted octanol–water partition coefficient (Wildman–Crippen LogP) is 2.17. The molecule has 0 aliphatic carbocycles. The Morgan fingerprint density at radius 1 is 1.12 bits per heavy atom. The molecule has 7 heteroatoms. The maximum Gasteiger partial charge on any atom is 0.278 e. The summed E-state index contributed by atoms with van der Waals surface area (Å²) in [6, 6.07) is 7.93. The first-order chi connectivity index (χ1) is 12.3. The lowest BCUT2D eigenvalue weighted by atomic mass is 10.3. The number of hydrogen-bond donors (Lipinski definition) is 1. The van der Waals surface area contributed by atoms with Crippen LogP contribution in [-0.4, -0.2) is 50.0 Å². The molecular weight excluding hydrogens is 316 g/mol. The van der Waals surface area contributed by atoms with Gasteiger partial charge in [0.1, 0.15) is 5.69 Å². The number of aromatic nitrogens is 4. The molecule has 1 fully saturated rings. The quantitative estimate of drug-likeness (QED) is 0.773. The van der Waals surface area contributed by atoms with Crippen molar-refractivity contribution in [2.75, 3.05) is 25.0 Å². The molecule has 0 radical (unpaired) electrons. The topological polar surface area (TPSA) is 75.9 Å². The summed E-state index contributed by atoms with van der Waals surface area (Å²) >= 11 is 0. The van der Waals surface area contributed by atoms with Gasteiger partial charge in [-0.25, -0.2) is 9.97 Å². The van der Waals surface area contributed by atoms with Crippen LogP contribution >= 0.6 is 0 Å². The first-order valence-corrected chi connectivity index (χ1v) is 8.56. The third-order valence-electron chi connectivity index (χ3n) is 4.51. The van der Waals surface area contributed by atoms with E-state index in [0.29, 0.717) is 5.95 Å². The second-order valence-corrected chi connectivity index (χ2v) is 6.17. The third kappa shape index (κ3) is 3.36. The first kappa shape index (κ1) is 15.7. The van der Waals surface area contributed by atoms with Crippen molar-refractivity contribution < 1.29 is 4.79 Å². The lowest BCUT2D eigenvalue weighted by Gasteiger charge is -2.16. The van der Waals surface area contributed by atoms with E-state index in [1.165, 1.54) is 25.2 Å². The summed E-state index contributed by atoms with van der Waals surface area (Å²) in [5.41, 5.74) is 2.18. The molecule has 2 aromatic heterocycles. The Bertz CT molecular complexity index is 870. The van der Waals surface area contributed by atoms with E-state index in [1.807, 2.05) is 24.3 Å². The van der Waals surface area contributed by atoms with Gasteiger partial charge in [0, 0.05) is 25.5 Å². The highest BCUT2D eigenvalue weighted by Crippen LogP contribution is 2.20. The van der Waals surface area contributed by atoms with Crippen LogP contribution in [0.4, 0.5) is 5.95 Å². The standard InChI is InChI=1S/C18H20N6O/c25-17(15-13-19-7-8-20-15)22-18-21-14-5-1-2-6-16(14)24(18)12-11-23-9-3-4-10-23/h1-2,5-8,13H,3-4,9-12H2,(H,21,22,25). The highest BCUT2D eigenvalue weighted by molar-refractivity contribution is 6.02. The summed E-state index contributed by atoms with van der Waals surface area (Å²) in [6.07, 6.45) is 7.03. The van der Waals surface area contributed by atoms with E-state index in [2.05, 4.69) is 29.7 Å². The Kier molecular flexibility index (Phi) is 4.39. The molecule has 128 valence electrons. The molecule has 25 heavy (non-hydrogen) atoms. The van der Waals surface area contributed by atoms with Gasteiger partial charge >= 0.3 is 0 Å². The SMILES string of the molecule is O=C(Nc1nc2ccccc2n1CCN1CCCC1)c1cnccn1. The number of nitrogens with zero attached hydrogens (tertiary/aromatic N) is 5. The minimum absolute atomic E-state index is 0.278. The minimum atomic E-state index is -0.300. The van der Waals surface area contributed by atoms with Crippen molar-refractivity contribution in [3.05, 3.63) is 48.5 Å². The molecule has 7 nitrogen and oxygen atoms in total. The van der Waals surface area contributed by atoms with E-state index < -0.39 is 0 Å². The normalized spacial score (nSPS) is 14.9. The second-order valence-electron chi connectivity index (χ2n) is 6.17. The van der Waals surface area contributed by atoms with Gasteiger partial charge in [0.2, 0.25) is 5.95 Å². The minimum Gasteiger partial charge on any atom is -0.309 e. The molecule has 0 bridgehead atoms. The van der Waals surface area contributed by atoms with Crippen molar-refractivity contribution in [3.8, 4) is 0 Å². The zero-order valence-electron chi connectivity index (χ0n) is 13.9. The maximum absolute atomic E-state index is 12.4. The molecular formula is C18H20N6O. The number of fused-ring (bicyclic) bond motifs is 1. The van der Waals surface area contributed by atoms with E-state index in [4.69, 9.17) is 0 Å². The zero-order chi connectivity index (χ0) is 17.1. The van der Waals surface area contributed by atoms with Gasteiger partial charge < -0.3 is 9.47 Å². The lowest BCUT2D eigenvalue weighted by molar-refractivity contribution is 0.102. The van der Waals surface area contributed by atoms with E-state index in [-0.39, 0.29) is 11.6 Å². The van der Waals surface area contributed by atoms with Crippen molar-refractivity contribution in [2.45, 2.75) is 19.4 Å². The number of benzene rings is 1. The van der Waals surface area contributed by atoms with Gasteiger partial charge in [-0.05, 0) is 38.1 Å². The predicted molar refractivity (Wildman–Crippen MR) is 95.4 cm³/mol. The number of carbonyl (C=O) groups excluding carboxylic acids is 1. The number of amides is 1. The Labute approximate surface area is 145 Å². The number of likely N-dealkylation sites (tertiary alicyclic amines) is 1. The van der Waals surface area contributed by atoms with Crippen LogP contribution in [0.3, 0.4) is 0 Å². The van der Waals surface area contributed by atoms with Crippen LogP contribution in [0.15, 0.2) is 42.9 Å². The van der Waals surface area contributed by atoms with Gasteiger partial charge in [-0.1, -0.05) is 12.1 Å². The second kappa shape index (κ2) is 6.98. The van der Waals surface area contributed by atoms with Crippen LogP contribution in [0.25, 0.3) is 11.0 Å². The van der Waals surface area contributed by atoms with Gasteiger partial charge in [-0.2, -0.15) is 0 Å². The van der Waals surface area contributed by atoms with Gasteiger partial charge in [0.25, 0.3) is 5.91 Å². The van der Waals surface area contributed by atoms with Gasteiger partial charge in [-0.3, -0.25) is 15.1 Å². The van der Waals surface area contributed by atoms with Crippen molar-refractivity contribution in [1.29, 1.82) is 0 Å². The number of anilines is 1. The molecule has 1 N–H and O–H groups in total. The number of hydrogen-bond acceptors (Lipinski definition) is 5. The van der Waals surface area contributed by atoms with Gasteiger partial charge in [0.15, 0.2) is 0 Å². The average Bonchev–Trinajstić information content (AvgIpc) is 3.28. The molecule has 1 saturated heterocycles. The molecule has 3 aromatic rings. The van der Waals surface area contributed by atoms with Crippen LogP contribution in [-0.2, 0) is 6.54 Å². The molecule has 1 aromatic carbocycles. The molecule has 0 spiro atoms. The van der Waals surface area contributed by atoms with Crippen LogP contribution in [0.1, 0.15) is 23.3 Å². The number of nitrogens with one attached hydrogen (secondary N) is 1. The van der Waals surface area contributed by atoms with Gasteiger partial charge in [-0.15, -0.1) is 0 Å². The molecule has 1 amide bonds. The molecule has 1 aliphatic rings. The number of imidazole rings is 1. The maximum atomic E-state index is 12.4. The van der Waals surface area contributed by atoms with E-state index in [9.17, 15) is 4.79 Å². The van der Waals surface area contributed by atoms with E-state index >= 15 is 0 Å². The van der Waals surface area contributed by atoms with Crippen molar-refractivity contribution >= 4 is 22.9 Å². The van der Waals surface area contributed by atoms with Crippen LogP contribution in [0.5, 0.6) is 0 Å². The van der Waals surface area contributed by atoms with E-state index in [0.717, 1.165) is 37.2 Å². The molecule has 0 saturated carbocycles. The monoisotopic (exact) mass is 336 g/mol. The summed E-state index contributed by atoms with van der Waals surface area (Å²) in [4.78, 5) is 27.5. The fraction of sp³-hybridized carbons (Fsp3) is 0.333. The summed E-state index contributed by atoms with van der Waals surface area (Å²) < 4.78 is 2.07. The fourth-order valence-electron chi connectivity index (χ4n) is 3.23. The summed E-state index contributed by atoms with van der Waals surface area (Å²) in [6.45, 7) is 4.03. The largest absolute Gasteiger partial charge is 0.309 e. The Hall–Kier alpha value is -2.80. The number of carbonyl (C=O) groups is 1. The molecule has 4 rings (SSSR count). The first-order valence-electron chi connectivity index (χ1n) is 8.56. The van der Waals surface area contributed by atoms with Crippen LogP contribution in [0, 0.1) is 0 Å². The van der Waals surface area contributed by atoms with Crippen molar-refractivity contribution in [1.82, 2.24) is 24.4 Å². The average molecular weight is 336 g/mol. The summed E-state index contributed by atoms with van der Waals surface area (Å²) in [5.74, 6) is 0.252. The van der Waals surface area contributed by atoms with Crippen molar-refractivity contribution in [3.63, 3.8) is 0 Å². The third-order valence-corrected chi connectivity index (χ3v) is 4.51. The molecule has 0 unspecified atom stereocenters. The van der Waals surface area contributed by atoms with Crippen LogP contribution in [0.2, 0.25) is 0 Å². The Balaban J connectivity index is 1.60. The van der Waals surface area contributed by atoms with E-state index in [1.54, 1.807) is 6.20 Å². The molecule has 0 atom stereocenters. The number of rotatable bonds is 5. The smallest absolute Gasteiger partial charge is 0.278 e. The highest BCUT2D eigenvalue weighted by atomic mass is 16.2. The summed E-state index contributed by atoms with van der Waals surface area (Å²) in [7, 11) is 0. The van der Waals surface area contributed by atoms with Gasteiger partial charge in [0.05, 0.1) is 17.2 Å². The lowest BCUT2D eigenvalue weighted by Crippen LogP contribution is -2.25. The zero-order valence-corrected chi connectivity index (χ0v) is 13.9. The Morgan fingerprint density at radius 2 is 1.96 bits per heavy atom.